The molecule has 0 spiro atoms. The van der Waals surface area contributed by atoms with Gasteiger partial charge in [-0.2, -0.15) is 0 Å². The van der Waals surface area contributed by atoms with Crippen molar-refractivity contribution >= 4 is 22.5 Å². The van der Waals surface area contributed by atoms with Crippen molar-refractivity contribution in [2.75, 3.05) is 13.1 Å². The van der Waals surface area contributed by atoms with Crippen molar-refractivity contribution in [1.82, 2.24) is 4.90 Å². The average Bonchev–Trinajstić information content (AvgIpc) is 3.05. The second-order valence-corrected chi connectivity index (χ2v) is 8.29. The van der Waals surface area contributed by atoms with Crippen LogP contribution in [0.1, 0.15) is 48.2 Å². The van der Waals surface area contributed by atoms with Gasteiger partial charge in [0.25, 0.3) is 0 Å². The van der Waals surface area contributed by atoms with Gasteiger partial charge in [0.05, 0.1) is 5.54 Å². The first kappa shape index (κ1) is 17.2. The summed E-state index contributed by atoms with van der Waals surface area (Å²) in [5.41, 5.74) is 8.58. The summed E-state index contributed by atoms with van der Waals surface area (Å²) in [7, 11) is 0. The number of amides is 1. The second-order valence-electron chi connectivity index (χ2n) is 8.29. The average molecular weight is 350 g/mol. The van der Waals surface area contributed by atoms with Crippen LogP contribution in [-0.2, 0) is 17.6 Å². The molecule has 1 heterocycles. The Kier molecular flexibility index (Phi) is 4.11. The van der Waals surface area contributed by atoms with Crippen molar-refractivity contribution < 1.29 is 9.59 Å². The molecule has 1 amide bonds. The number of carbonyl (C=O) groups excluding carboxylic acids is 2. The third-order valence-corrected chi connectivity index (χ3v) is 5.77. The van der Waals surface area contributed by atoms with Crippen molar-refractivity contribution in [3.8, 4) is 0 Å². The molecule has 0 aromatic heterocycles. The van der Waals surface area contributed by atoms with Gasteiger partial charge in [-0.15, -0.1) is 0 Å². The van der Waals surface area contributed by atoms with Crippen molar-refractivity contribution in [1.29, 1.82) is 0 Å². The van der Waals surface area contributed by atoms with Gasteiger partial charge in [0.1, 0.15) is 0 Å². The summed E-state index contributed by atoms with van der Waals surface area (Å²) in [5, 5.41) is 2.34. The zero-order chi connectivity index (χ0) is 18.5. The molecule has 1 atom stereocenters. The first-order valence-electron chi connectivity index (χ1n) is 9.52. The number of ketones is 1. The van der Waals surface area contributed by atoms with E-state index in [0.717, 1.165) is 36.6 Å². The van der Waals surface area contributed by atoms with Gasteiger partial charge in [-0.25, -0.2) is 0 Å². The molecule has 1 saturated heterocycles. The van der Waals surface area contributed by atoms with Gasteiger partial charge in [0.2, 0.25) is 5.91 Å². The molecular formula is C22H26N2O2. The van der Waals surface area contributed by atoms with Crippen LogP contribution in [-0.4, -0.2) is 35.2 Å². The number of Topliss-reactive ketones (excluding diaryl/α,β-unsaturated/α-hetero) is 1. The van der Waals surface area contributed by atoms with Crippen LogP contribution < -0.4 is 5.73 Å². The fourth-order valence-corrected chi connectivity index (χ4v) is 4.46. The lowest BCUT2D eigenvalue weighted by Gasteiger charge is -2.35. The van der Waals surface area contributed by atoms with Crippen LogP contribution in [0.4, 0.5) is 0 Å². The van der Waals surface area contributed by atoms with E-state index >= 15 is 0 Å². The third-order valence-electron chi connectivity index (χ3n) is 5.77. The minimum absolute atomic E-state index is 0.0737. The summed E-state index contributed by atoms with van der Waals surface area (Å²) >= 11 is 0. The summed E-state index contributed by atoms with van der Waals surface area (Å²) in [6.07, 6.45) is 3.79. The number of likely N-dealkylation sites (tertiary alicyclic amines) is 1. The SMILES string of the molecule is CC(C)(N)C(=O)N1CCC[C@H](C(=O)c2ccc3c4c(cccc24)CC3)C1. The zero-order valence-corrected chi connectivity index (χ0v) is 15.5. The van der Waals surface area contributed by atoms with Gasteiger partial charge >= 0.3 is 0 Å². The van der Waals surface area contributed by atoms with Crippen molar-refractivity contribution in [3.63, 3.8) is 0 Å². The molecule has 0 radical (unpaired) electrons. The predicted octanol–water partition coefficient (Wildman–Crippen LogP) is 3.10. The van der Waals surface area contributed by atoms with Crippen LogP contribution in [0.25, 0.3) is 10.8 Å². The van der Waals surface area contributed by atoms with E-state index in [9.17, 15) is 9.59 Å². The van der Waals surface area contributed by atoms with Gasteiger partial charge in [-0.3, -0.25) is 9.59 Å². The van der Waals surface area contributed by atoms with Crippen LogP contribution in [0, 0.1) is 5.92 Å². The molecule has 4 rings (SSSR count). The van der Waals surface area contributed by atoms with E-state index in [1.54, 1.807) is 18.7 Å². The number of nitrogens with two attached hydrogens (primary N) is 1. The van der Waals surface area contributed by atoms with Crippen molar-refractivity contribution in [2.24, 2.45) is 11.7 Å². The van der Waals surface area contributed by atoms with E-state index in [1.807, 2.05) is 6.07 Å². The lowest BCUT2D eigenvalue weighted by molar-refractivity contribution is -0.137. The monoisotopic (exact) mass is 350 g/mol. The highest BCUT2D eigenvalue weighted by atomic mass is 16.2. The summed E-state index contributed by atoms with van der Waals surface area (Å²) in [6, 6.07) is 10.4. The molecular weight excluding hydrogens is 324 g/mol. The number of hydrogen-bond donors (Lipinski definition) is 1. The molecule has 26 heavy (non-hydrogen) atoms. The topological polar surface area (TPSA) is 63.4 Å². The molecule has 1 fully saturated rings. The summed E-state index contributed by atoms with van der Waals surface area (Å²) < 4.78 is 0. The van der Waals surface area contributed by atoms with Crippen molar-refractivity contribution in [3.05, 3.63) is 47.0 Å². The number of rotatable bonds is 3. The maximum Gasteiger partial charge on any atom is 0.242 e. The number of hydrogen-bond acceptors (Lipinski definition) is 3. The van der Waals surface area contributed by atoms with Gasteiger partial charge < -0.3 is 10.6 Å². The largest absolute Gasteiger partial charge is 0.340 e. The van der Waals surface area contributed by atoms with E-state index in [0.29, 0.717) is 13.1 Å². The molecule has 2 aromatic carbocycles. The maximum absolute atomic E-state index is 13.3. The van der Waals surface area contributed by atoms with E-state index in [-0.39, 0.29) is 17.6 Å². The molecule has 1 aliphatic carbocycles. The molecule has 0 unspecified atom stereocenters. The maximum atomic E-state index is 13.3. The Bertz CT molecular complexity index is 885. The van der Waals surface area contributed by atoms with Crippen LogP contribution in [0.15, 0.2) is 30.3 Å². The minimum atomic E-state index is -0.896. The van der Waals surface area contributed by atoms with Gasteiger partial charge in [0.15, 0.2) is 5.78 Å². The standard InChI is InChI=1S/C22H26N2O2/c1-22(2,23)21(26)24-12-4-6-16(13-24)20(25)18-11-10-15-9-8-14-5-3-7-17(18)19(14)15/h3,5,7,10-11,16H,4,6,8-9,12-13,23H2,1-2H3/t16-/m0/s1. The summed E-state index contributed by atoms with van der Waals surface area (Å²) in [5.74, 6) is -0.0585. The molecule has 1 aliphatic heterocycles. The molecule has 2 aliphatic rings. The van der Waals surface area contributed by atoms with E-state index in [4.69, 9.17) is 5.73 Å². The van der Waals surface area contributed by atoms with E-state index in [1.165, 1.54) is 16.5 Å². The highest BCUT2D eigenvalue weighted by Crippen LogP contribution is 2.34. The number of benzene rings is 2. The lowest BCUT2D eigenvalue weighted by atomic mass is 9.86. The Balaban J connectivity index is 1.65. The highest BCUT2D eigenvalue weighted by Gasteiger charge is 2.34. The van der Waals surface area contributed by atoms with E-state index < -0.39 is 5.54 Å². The fraction of sp³-hybridized carbons (Fsp3) is 0.455. The normalized spacial score (nSPS) is 19.8. The zero-order valence-electron chi connectivity index (χ0n) is 15.5. The first-order chi connectivity index (χ1) is 12.4. The lowest BCUT2D eigenvalue weighted by Crippen LogP contribution is -2.54. The molecule has 4 heteroatoms. The van der Waals surface area contributed by atoms with Crippen molar-refractivity contribution in [2.45, 2.75) is 45.1 Å². The Morgan fingerprint density at radius 1 is 1.12 bits per heavy atom. The highest BCUT2D eigenvalue weighted by molar-refractivity contribution is 6.11. The van der Waals surface area contributed by atoms with Gasteiger partial charge in [-0.05, 0) is 61.4 Å². The quantitative estimate of drug-likeness (QED) is 0.865. The second kappa shape index (κ2) is 6.20. The van der Waals surface area contributed by atoms with E-state index in [2.05, 4.69) is 24.3 Å². The smallest absolute Gasteiger partial charge is 0.242 e. The molecule has 136 valence electrons. The van der Waals surface area contributed by atoms with Crippen LogP contribution in [0.3, 0.4) is 0 Å². The fourth-order valence-electron chi connectivity index (χ4n) is 4.46. The number of piperidine rings is 1. The molecule has 2 aromatic rings. The Morgan fingerprint density at radius 2 is 1.85 bits per heavy atom. The van der Waals surface area contributed by atoms with Crippen LogP contribution in [0.5, 0.6) is 0 Å². The Hall–Kier alpha value is -2.20. The number of nitrogens with zero attached hydrogens (tertiary/aromatic N) is 1. The molecule has 0 bridgehead atoms. The van der Waals surface area contributed by atoms with Gasteiger partial charge in [0, 0.05) is 24.6 Å². The Labute approximate surface area is 154 Å². The molecule has 4 nitrogen and oxygen atoms in total. The molecule has 2 N–H and O–H groups in total. The van der Waals surface area contributed by atoms with Crippen LogP contribution in [0.2, 0.25) is 0 Å². The first-order valence-corrected chi connectivity index (χ1v) is 9.52. The van der Waals surface area contributed by atoms with Gasteiger partial charge in [-0.1, -0.05) is 30.3 Å². The summed E-state index contributed by atoms with van der Waals surface area (Å²) in [4.78, 5) is 27.6. The molecule has 0 saturated carbocycles. The van der Waals surface area contributed by atoms with Crippen LogP contribution >= 0.6 is 0 Å². The third kappa shape index (κ3) is 2.82. The number of carbonyl (C=O) groups is 2. The summed E-state index contributed by atoms with van der Waals surface area (Å²) in [6.45, 7) is 4.61. The number of aryl methyl sites for hydroxylation is 2. The Morgan fingerprint density at radius 3 is 2.58 bits per heavy atom. The minimum Gasteiger partial charge on any atom is -0.340 e. The predicted molar refractivity (Wildman–Crippen MR) is 103 cm³/mol.